The van der Waals surface area contributed by atoms with Gasteiger partial charge in [0.15, 0.2) is 11.5 Å². The van der Waals surface area contributed by atoms with Gasteiger partial charge in [0.25, 0.3) is 0 Å². The Morgan fingerprint density at radius 3 is 2.45 bits per heavy atom. The molecule has 8 nitrogen and oxygen atoms in total. The number of ether oxygens (including phenoxy) is 4. The number of piperidine rings is 1. The Bertz CT molecular complexity index is 819. The van der Waals surface area contributed by atoms with E-state index in [1.54, 1.807) is 21.1 Å². The number of benzene rings is 1. The van der Waals surface area contributed by atoms with Gasteiger partial charge in [0, 0.05) is 19.1 Å². The highest BCUT2D eigenvalue weighted by molar-refractivity contribution is 5.76. The molecule has 2 heterocycles. The third-order valence-corrected chi connectivity index (χ3v) is 5.80. The lowest BCUT2D eigenvalue weighted by Gasteiger charge is -2.46. The van der Waals surface area contributed by atoms with Crippen molar-refractivity contribution in [1.82, 2.24) is 10.2 Å². The molecule has 1 aromatic carbocycles. The second-order valence-electron chi connectivity index (χ2n) is 9.01. The summed E-state index contributed by atoms with van der Waals surface area (Å²) in [5.41, 5.74) is 1.72. The summed E-state index contributed by atoms with van der Waals surface area (Å²) < 4.78 is 21.7. The van der Waals surface area contributed by atoms with Crippen LogP contribution in [0.2, 0.25) is 0 Å². The first-order valence-corrected chi connectivity index (χ1v) is 10.8. The topological polar surface area (TPSA) is 86.3 Å². The first-order valence-electron chi connectivity index (χ1n) is 10.8. The highest BCUT2D eigenvalue weighted by atomic mass is 16.6. The molecule has 0 spiro atoms. The van der Waals surface area contributed by atoms with E-state index in [1.807, 2.05) is 32.9 Å². The zero-order valence-corrected chi connectivity index (χ0v) is 19.3. The fourth-order valence-electron chi connectivity index (χ4n) is 4.47. The minimum atomic E-state index is -0.611. The number of hydrogen-bond donors (Lipinski definition) is 1. The second kappa shape index (κ2) is 9.34. The monoisotopic (exact) mass is 434 g/mol. The molecule has 1 N–H and O–H groups in total. The lowest BCUT2D eigenvalue weighted by molar-refractivity contribution is -0.151. The fraction of sp³-hybridized carbons (Fsp3) is 0.652. The number of carbonyl (C=O) groups excluding carboxylic acids is 2. The van der Waals surface area contributed by atoms with Gasteiger partial charge < -0.3 is 24.3 Å². The number of methoxy groups -OCH3 is 2. The van der Waals surface area contributed by atoms with Crippen LogP contribution in [-0.4, -0.2) is 62.5 Å². The summed E-state index contributed by atoms with van der Waals surface area (Å²) in [5.74, 6) is 0.616. The van der Waals surface area contributed by atoms with E-state index in [0.717, 1.165) is 18.5 Å². The number of nitrogens with zero attached hydrogens (tertiary/aromatic N) is 1. The van der Waals surface area contributed by atoms with Crippen molar-refractivity contribution in [2.24, 2.45) is 5.92 Å². The van der Waals surface area contributed by atoms with Crippen LogP contribution < -0.4 is 14.8 Å². The van der Waals surface area contributed by atoms with E-state index in [0.29, 0.717) is 31.1 Å². The Balaban J connectivity index is 1.87. The quantitative estimate of drug-likeness (QED) is 0.713. The number of nitrogens with one attached hydrogen (secondary N) is 1. The van der Waals surface area contributed by atoms with Crippen LogP contribution in [0.5, 0.6) is 11.5 Å². The van der Waals surface area contributed by atoms with Gasteiger partial charge in [-0.2, -0.15) is 0 Å². The Morgan fingerprint density at radius 1 is 1.16 bits per heavy atom. The third-order valence-electron chi connectivity index (χ3n) is 5.80. The van der Waals surface area contributed by atoms with Gasteiger partial charge in [0.05, 0.1) is 32.8 Å². The smallest absolute Gasteiger partial charge is 0.407 e. The van der Waals surface area contributed by atoms with Crippen molar-refractivity contribution in [3.05, 3.63) is 23.3 Å². The predicted octanol–water partition coefficient (Wildman–Crippen LogP) is 3.08. The number of amides is 1. The molecule has 3 unspecified atom stereocenters. The third kappa shape index (κ3) is 5.23. The zero-order chi connectivity index (χ0) is 22.8. The molecule has 0 aliphatic carbocycles. The van der Waals surface area contributed by atoms with E-state index in [1.165, 1.54) is 5.56 Å². The van der Waals surface area contributed by atoms with Gasteiger partial charge in [-0.25, -0.2) is 4.79 Å². The number of alkyl carbamates (subject to hydrolysis) is 1. The molecular formula is C23H34N2O6. The normalized spacial score (nSPS) is 23.2. The Morgan fingerprint density at radius 2 is 1.84 bits per heavy atom. The number of hydrogen-bond acceptors (Lipinski definition) is 7. The number of rotatable bonds is 5. The van der Waals surface area contributed by atoms with E-state index in [2.05, 4.69) is 10.2 Å². The van der Waals surface area contributed by atoms with Crippen LogP contribution >= 0.6 is 0 Å². The average Bonchev–Trinajstić information content (AvgIpc) is 2.70. The molecule has 2 aliphatic rings. The molecular weight excluding hydrogens is 400 g/mol. The molecule has 8 heteroatoms. The SMILES string of the molecule is CCOC(=O)C1CC2c3cc(OC)c(OC)cc3CCN2CC1NC(=O)OC(C)(C)C. The second-order valence-corrected chi connectivity index (χ2v) is 9.01. The molecule has 1 saturated heterocycles. The van der Waals surface area contributed by atoms with Gasteiger partial charge in [0.2, 0.25) is 0 Å². The minimum absolute atomic E-state index is 0.0367. The summed E-state index contributed by atoms with van der Waals surface area (Å²) in [7, 11) is 3.25. The molecule has 0 saturated carbocycles. The van der Waals surface area contributed by atoms with Crippen molar-refractivity contribution in [2.45, 2.75) is 58.2 Å². The van der Waals surface area contributed by atoms with Crippen LogP contribution in [-0.2, 0) is 20.7 Å². The molecule has 0 bridgehead atoms. The molecule has 3 atom stereocenters. The Kier molecular flexibility index (Phi) is 6.99. The maximum absolute atomic E-state index is 12.8. The first-order chi connectivity index (χ1) is 14.7. The molecule has 1 amide bonds. The molecule has 2 aliphatic heterocycles. The number of fused-ring (bicyclic) bond motifs is 3. The lowest BCUT2D eigenvalue weighted by Crippen LogP contribution is -2.57. The highest BCUT2D eigenvalue weighted by Gasteiger charge is 2.44. The van der Waals surface area contributed by atoms with Crippen LogP contribution in [0.15, 0.2) is 12.1 Å². The molecule has 0 aromatic heterocycles. The van der Waals surface area contributed by atoms with Crippen LogP contribution in [0, 0.1) is 5.92 Å². The van der Waals surface area contributed by atoms with Crippen LogP contribution in [0.1, 0.15) is 51.3 Å². The zero-order valence-electron chi connectivity index (χ0n) is 19.3. The number of carbonyl (C=O) groups is 2. The van der Waals surface area contributed by atoms with Gasteiger partial charge in [0.1, 0.15) is 5.60 Å². The number of esters is 1. The van der Waals surface area contributed by atoms with Crippen molar-refractivity contribution in [1.29, 1.82) is 0 Å². The van der Waals surface area contributed by atoms with E-state index in [-0.39, 0.29) is 18.1 Å². The van der Waals surface area contributed by atoms with Crippen LogP contribution in [0.3, 0.4) is 0 Å². The van der Waals surface area contributed by atoms with E-state index in [9.17, 15) is 9.59 Å². The van der Waals surface area contributed by atoms with Crippen LogP contribution in [0.25, 0.3) is 0 Å². The largest absolute Gasteiger partial charge is 0.493 e. The van der Waals surface area contributed by atoms with E-state index >= 15 is 0 Å². The standard InChI is InChI=1S/C23H34N2O6/c1-7-30-21(26)16-11-18-15-12-20(29-6)19(28-5)10-14(15)8-9-25(18)13-17(16)24-22(27)31-23(2,3)4/h10,12,16-18H,7-9,11,13H2,1-6H3,(H,24,27). The summed E-state index contributed by atoms with van der Waals surface area (Å²) in [4.78, 5) is 27.6. The minimum Gasteiger partial charge on any atom is -0.493 e. The lowest BCUT2D eigenvalue weighted by atomic mass is 9.79. The van der Waals surface area contributed by atoms with Crippen molar-refractivity contribution >= 4 is 12.1 Å². The van der Waals surface area contributed by atoms with Gasteiger partial charge in [-0.3, -0.25) is 9.69 Å². The maximum atomic E-state index is 12.8. The van der Waals surface area contributed by atoms with Crippen molar-refractivity contribution in [2.75, 3.05) is 33.9 Å². The Hall–Kier alpha value is -2.48. The van der Waals surface area contributed by atoms with E-state index in [4.69, 9.17) is 18.9 Å². The molecule has 1 aromatic rings. The van der Waals surface area contributed by atoms with E-state index < -0.39 is 17.6 Å². The van der Waals surface area contributed by atoms with Crippen molar-refractivity contribution in [3.63, 3.8) is 0 Å². The average molecular weight is 435 g/mol. The molecule has 3 rings (SSSR count). The predicted molar refractivity (Wildman–Crippen MR) is 115 cm³/mol. The van der Waals surface area contributed by atoms with Crippen LogP contribution in [0.4, 0.5) is 4.79 Å². The first kappa shape index (κ1) is 23.2. The molecule has 1 fully saturated rings. The summed E-state index contributed by atoms with van der Waals surface area (Å²) in [6, 6.07) is 3.69. The fourth-order valence-corrected chi connectivity index (χ4v) is 4.47. The highest BCUT2D eigenvalue weighted by Crippen LogP contribution is 2.43. The van der Waals surface area contributed by atoms with Gasteiger partial charge in [-0.1, -0.05) is 0 Å². The molecule has 0 radical (unpaired) electrons. The summed E-state index contributed by atoms with van der Waals surface area (Å²) in [5, 5.41) is 2.91. The summed E-state index contributed by atoms with van der Waals surface area (Å²) >= 11 is 0. The van der Waals surface area contributed by atoms with Crippen molar-refractivity contribution < 1.29 is 28.5 Å². The van der Waals surface area contributed by atoms with Crippen molar-refractivity contribution in [3.8, 4) is 11.5 Å². The molecule has 31 heavy (non-hydrogen) atoms. The van der Waals surface area contributed by atoms with Gasteiger partial charge >= 0.3 is 12.1 Å². The Labute approximate surface area is 184 Å². The summed E-state index contributed by atoms with van der Waals surface area (Å²) in [6.07, 6.45) is 0.881. The van der Waals surface area contributed by atoms with Gasteiger partial charge in [-0.05, 0) is 63.8 Å². The maximum Gasteiger partial charge on any atom is 0.407 e. The molecule has 172 valence electrons. The summed E-state index contributed by atoms with van der Waals surface area (Å²) in [6.45, 7) is 8.90. The van der Waals surface area contributed by atoms with Gasteiger partial charge in [-0.15, -0.1) is 0 Å².